The molecule has 1 atom stereocenters. The van der Waals surface area contributed by atoms with E-state index in [0.717, 1.165) is 58.7 Å². The van der Waals surface area contributed by atoms with Gasteiger partial charge in [-0.25, -0.2) is 8.42 Å². The molecule has 1 heterocycles. The SMILES string of the molecule is CCc1ccc(S(=O)(=O)Nc2cc3c4c(oc3c3ccccc23)CC[C@H](C(C)(C)C)C4)cc1. The van der Waals surface area contributed by atoms with E-state index in [1.54, 1.807) is 12.1 Å². The van der Waals surface area contributed by atoms with E-state index < -0.39 is 10.0 Å². The number of hydrogen-bond acceptors (Lipinski definition) is 3. The van der Waals surface area contributed by atoms with Crippen molar-refractivity contribution in [2.45, 2.75) is 58.3 Å². The summed E-state index contributed by atoms with van der Waals surface area (Å²) in [6, 6.07) is 16.9. The molecule has 5 rings (SSSR count). The van der Waals surface area contributed by atoms with Gasteiger partial charge >= 0.3 is 0 Å². The second-order valence-electron chi connectivity index (χ2n) is 10.3. The Bertz CT molecular complexity index is 1440. The highest BCUT2D eigenvalue weighted by molar-refractivity contribution is 7.92. The van der Waals surface area contributed by atoms with Crippen molar-refractivity contribution in [1.29, 1.82) is 0 Å². The molecule has 0 amide bonds. The van der Waals surface area contributed by atoms with E-state index in [2.05, 4.69) is 32.4 Å². The Morgan fingerprint density at radius 1 is 1.00 bits per heavy atom. The Hall–Kier alpha value is -2.79. The second kappa shape index (κ2) is 7.91. The lowest BCUT2D eigenvalue weighted by molar-refractivity contribution is 0.210. The van der Waals surface area contributed by atoms with Gasteiger partial charge in [-0.2, -0.15) is 0 Å². The number of aryl methyl sites for hydroxylation is 2. The van der Waals surface area contributed by atoms with Gasteiger partial charge in [0.1, 0.15) is 11.3 Å². The minimum atomic E-state index is -3.72. The predicted octanol–water partition coefficient (Wildman–Crippen LogP) is 7.10. The fraction of sp³-hybridized carbons (Fsp3) is 0.357. The van der Waals surface area contributed by atoms with Gasteiger partial charge in [0.2, 0.25) is 0 Å². The molecule has 1 aromatic heterocycles. The minimum Gasteiger partial charge on any atom is -0.460 e. The van der Waals surface area contributed by atoms with Crippen LogP contribution in [0.3, 0.4) is 0 Å². The molecule has 3 aromatic carbocycles. The summed E-state index contributed by atoms with van der Waals surface area (Å²) in [5.41, 5.74) is 4.01. The Kier molecular flexibility index (Phi) is 5.28. The van der Waals surface area contributed by atoms with E-state index in [9.17, 15) is 8.42 Å². The van der Waals surface area contributed by atoms with Crippen molar-refractivity contribution in [3.05, 3.63) is 71.5 Å². The molecule has 0 aliphatic heterocycles. The molecule has 0 saturated heterocycles. The summed E-state index contributed by atoms with van der Waals surface area (Å²) in [6.07, 6.45) is 3.86. The molecule has 1 N–H and O–H groups in total. The number of nitrogens with one attached hydrogen (secondary N) is 1. The highest BCUT2D eigenvalue weighted by Crippen LogP contribution is 2.44. The van der Waals surface area contributed by atoms with Gasteiger partial charge in [0, 0.05) is 28.1 Å². The third kappa shape index (κ3) is 3.93. The van der Waals surface area contributed by atoms with Crippen molar-refractivity contribution in [2.75, 3.05) is 4.72 Å². The quantitative estimate of drug-likeness (QED) is 0.353. The fourth-order valence-electron chi connectivity index (χ4n) is 5.03. The first kappa shape index (κ1) is 22.0. The molecule has 4 nitrogen and oxygen atoms in total. The summed E-state index contributed by atoms with van der Waals surface area (Å²) in [7, 11) is -3.72. The summed E-state index contributed by atoms with van der Waals surface area (Å²) >= 11 is 0. The van der Waals surface area contributed by atoms with Crippen molar-refractivity contribution >= 4 is 37.5 Å². The van der Waals surface area contributed by atoms with Crippen LogP contribution in [-0.2, 0) is 29.3 Å². The molecule has 172 valence electrons. The molecule has 0 radical (unpaired) electrons. The Labute approximate surface area is 196 Å². The smallest absolute Gasteiger partial charge is 0.261 e. The molecule has 0 unspecified atom stereocenters. The van der Waals surface area contributed by atoms with E-state index in [-0.39, 0.29) is 10.3 Å². The summed E-state index contributed by atoms with van der Waals surface area (Å²) in [5.74, 6) is 1.61. The van der Waals surface area contributed by atoms with Gasteiger partial charge in [-0.15, -0.1) is 0 Å². The predicted molar refractivity (Wildman–Crippen MR) is 135 cm³/mol. The number of benzene rings is 3. The van der Waals surface area contributed by atoms with E-state index >= 15 is 0 Å². The third-order valence-corrected chi connectivity index (χ3v) is 8.54. The van der Waals surface area contributed by atoms with Crippen molar-refractivity contribution in [3.63, 3.8) is 0 Å². The summed E-state index contributed by atoms with van der Waals surface area (Å²) in [6.45, 7) is 8.94. The maximum Gasteiger partial charge on any atom is 0.261 e. The highest BCUT2D eigenvalue weighted by Gasteiger charge is 2.32. The average Bonchev–Trinajstić information content (AvgIpc) is 3.16. The number of furan rings is 1. The topological polar surface area (TPSA) is 59.3 Å². The van der Waals surface area contributed by atoms with Crippen LogP contribution < -0.4 is 4.72 Å². The Morgan fingerprint density at radius 2 is 1.70 bits per heavy atom. The van der Waals surface area contributed by atoms with Crippen molar-refractivity contribution in [1.82, 2.24) is 0 Å². The van der Waals surface area contributed by atoms with Gasteiger partial charge < -0.3 is 4.42 Å². The Morgan fingerprint density at radius 3 is 2.36 bits per heavy atom. The number of anilines is 1. The number of hydrogen-bond donors (Lipinski definition) is 1. The van der Waals surface area contributed by atoms with Crippen LogP contribution in [-0.4, -0.2) is 8.42 Å². The minimum absolute atomic E-state index is 0.215. The molecule has 5 heteroatoms. The van der Waals surface area contributed by atoms with Gasteiger partial charge in [0.15, 0.2) is 0 Å². The Balaban J connectivity index is 1.64. The molecule has 0 fully saturated rings. The first-order valence-corrected chi connectivity index (χ1v) is 13.2. The lowest BCUT2D eigenvalue weighted by atomic mass is 9.71. The first-order chi connectivity index (χ1) is 15.7. The maximum absolute atomic E-state index is 13.3. The van der Waals surface area contributed by atoms with Crippen molar-refractivity contribution < 1.29 is 12.8 Å². The molecule has 1 aliphatic carbocycles. The molecule has 0 bridgehead atoms. The van der Waals surface area contributed by atoms with Gasteiger partial charge in [0.25, 0.3) is 10.0 Å². The van der Waals surface area contributed by atoms with Gasteiger partial charge in [-0.1, -0.05) is 64.1 Å². The van der Waals surface area contributed by atoms with E-state index in [0.29, 0.717) is 11.6 Å². The van der Waals surface area contributed by atoms with Crippen LogP contribution in [0.25, 0.3) is 21.7 Å². The normalized spacial score (nSPS) is 16.8. The monoisotopic (exact) mass is 461 g/mol. The van der Waals surface area contributed by atoms with Crippen molar-refractivity contribution in [2.24, 2.45) is 11.3 Å². The standard InChI is InChI=1S/C28H31NO3S/c1-5-18-10-13-20(14-11-18)33(30,31)29-25-17-24-23-16-19(28(2,3)4)12-15-26(23)32-27(24)22-9-7-6-8-21(22)25/h6-11,13-14,17,19,29H,5,12,15-16H2,1-4H3/t19-/m0/s1. The van der Waals surface area contributed by atoms with E-state index in [1.807, 2.05) is 42.5 Å². The van der Waals surface area contributed by atoms with Crippen molar-refractivity contribution in [3.8, 4) is 0 Å². The molecular formula is C28H31NO3S. The highest BCUT2D eigenvalue weighted by atomic mass is 32.2. The lowest BCUT2D eigenvalue weighted by Gasteiger charge is -2.33. The lowest BCUT2D eigenvalue weighted by Crippen LogP contribution is -2.26. The summed E-state index contributed by atoms with van der Waals surface area (Å²) in [4.78, 5) is 0.269. The van der Waals surface area contributed by atoms with Crippen LogP contribution in [0.5, 0.6) is 0 Å². The molecule has 33 heavy (non-hydrogen) atoms. The number of sulfonamides is 1. The maximum atomic E-state index is 13.3. The van der Waals surface area contributed by atoms with Crippen LogP contribution in [0.1, 0.15) is 51.0 Å². The first-order valence-electron chi connectivity index (χ1n) is 11.7. The summed E-state index contributed by atoms with van der Waals surface area (Å²) in [5, 5.41) is 2.81. The van der Waals surface area contributed by atoms with Crippen LogP contribution in [0, 0.1) is 11.3 Å². The van der Waals surface area contributed by atoms with Crippen LogP contribution in [0.4, 0.5) is 5.69 Å². The van der Waals surface area contributed by atoms with Gasteiger partial charge in [-0.05, 0) is 54.4 Å². The zero-order chi connectivity index (χ0) is 23.4. The largest absolute Gasteiger partial charge is 0.460 e. The van der Waals surface area contributed by atoms with E-state index in [1.165, 1.54) is 5.56 Å². The molecular weight excluding hydrogens is 430 g/mol. The van der Waals surface area contributed by atoms with Crippen LogP contribution in [0.2, 0.25) is 0 Å². The number of rotatable bonds is 4. The zero-order valence-electron chi connectivity index (χ0n) is 19.7. The van der Waals surface area contributed by atoms with Gasteiger partial charge in [-0.3, -0.25) is 4.72 Å². The number of fused-ring (bicyclic) bond motifs is 5. The molecule has 1 aliphatic rings. The zero-order valence-corrected chi connectivity index (χ0v) is 20.6. The third-order valence-electron chi connectivity index (χ3n) is 7.16. The van der Waals surface area contributed by atoms with E-state index in [4.69, 9.17) is 4.42 Å². The second-order valence-corrected chi connectivity index (χ2v) is 11.9. The van der Waals surface area contributed by atoms with Gasteiger partial charge in [0.05, 0.1) is 10.6 Å². The fourth-order valence-corrected chi connectivity index (χ4v) is 6.10. The molecule has 4 aromatic rings. The average molecular weight is 462 g/mol. The van der Waals surface area contributed by atoms with Crippen LogP contribution >= 0.6 is 0 Å². The summed E-state index contributed by atoms with van der Waals surface area (Å²) < 4.78 is 35.8. The van der Waals surface area contributed by atoms with Crippen LogP contribution in [0.15, 0.2) is 63.9 Å². The molecule has 0 spiro atoms. The molecule has 0 saturated carbocycles.